The summed E-state index contributed by atoms with van der Waals surface area (Å²) in [5.74, 6) is -0.216. The van der Waals surface area contributed by atoms with Gasteiger partial charge < -0.3 is 0 Å². The summed E-state index contributed by atoms with van der Waals surface area (Å²) in [6, 6.07) is 6.52. The molecule has 0 aliphatic carbocycles. The van der Waals surface area contributed by atoms with Gasteiger partial charge in [0.05, 0.1) is 0 Å². The van der Waals surface area contributed by atoms with Crippen molar-refractivity contribution in [1.82, 2.24) is 15.0 Å². The van der Waals surface area contributed by atoms with Gasteiger partial charge in [0.15, 0.2) is 0 Å². The van der Waals surface area contributed by atoms with Crippen LogP contribution in [0.4, 0.5) is 4.39 Å². The number of halogens is 1. The number of unbranched alkanes of at least 4 members (excludes halogenated alkanes) is 3. The van der Waals surface area contributed by atoms with E-state index in [0.717, 1.165) is 5.69 Å². The van der Waals surface area contributed by atoms with E-state index in [4.69, 9.17) is 0 Å². The topological polar surface area (TPSA) is 30.7 Å². The first kappa shape index (κ1) is 20.4. The first-order chi connectivity index (χ1) is 12.1. The molecule has 0 N–H and O–H groups in total. The molecular formula is C20H32FN3Sn. The van der Waals surface area contributed by atoms with Crippen molar-refractivity contribution >= 4 is 22.1 Å². The van der Waals surface area contributed by atoms with Gasteiger partial charge in [-0.3, -0.25) is 0 Å². The Morgan fingerprint density at radius 1 is 0.880 bits per heavy atom. The van der Waals surface area contributed by atoms with Gasteiger partial charge in [0.1, 0.15) is 0 Å². The molecule has 138 valence electrons. The zero-order valence-corrected chi connectivity index (χ0v) is 18.8. The number of nitrogens with zero attached hydrogens (tertiary/aromatic N) is 3. The van der Waals surface area contributed by atoms with Crippen molar-refractivity contribution in [3.05, 3.63) is 36.3 Å². The van der Waals surface area contributed by atoms with Crippen molar-refractivity contribution in [3.63, 3.8) is 0 Å². The molecule has 3 nitrogen and oxygen atoms in total. The van der Waals surface area contributed by atoms with Gasteiger partial charge in [-0.05, 0) is 0 Å². The zero-order chi connectivity index (χ0) is 18.1. The molecule has 0 radical (unpaired) electrons. The molecule has 0 amide bonds. The predicted octanol–water partition coefficient (Wildman–Crippen LogP) is 5.46. The predicted molar refractivity (Wildman–Crippen MR) is 106 cm³/mol. The normalized spacial score (nSPS) is 11.8. The zero-order valence-electron chi connectivity index (χ0n) is 16.0. The second kappa shape index (κ2) is 10.3. The molecule has 0 atom stereocenters. The molecule has 2 rings (SSSR count). The minimum absolute atomic E-state index is 0.216. The van der Waals surface area contributed by atoms with E-state index in [9.17, 15) is 4.39 Å². The molecule has 1 heterocycles. The van der Waals surface area contributed by atoms with Crippen molar-refractivity contribution in [2.75, 3.05) is 0 Å². The quantitative estimate of drug-likeness (QED) is 0.424. The van der Waals surface area contributed by atoms with Crippen molar-refractivity contribution in [2.45, 2.75) is 72.6 Å². The van der Waals surface area contributed by atoms with Gasteiger partial charge in [-0.25, -0.2) is 0 Å². The third-order valence-corrected chi connectivity index (χ3v) is 20.1. The standard InChI is InChI=1S/C8H5FN3.3C4H9.Sn/c9-7-1-3-8(4-2-7)12-6-5-10-11-12;3*1-3-4-2;/h1-4,6H;3*1,3-4H2,2H3;. The molecule has 25 heavy (non-hydrogen) atoms. The molecule has 0 bridgehead atoms. The van der Waals surface area contributed by atoms with Crippen LogP contribution in [0.2, 0.25) is 13.3 Å². The Hall–Kier alpha value is -0.911. The summed E-state index contributed by atoms with van der Waals surface area (Å²) in [7, 11) is 0. The fourth-order valence-electron chi connectivity index (χ4n) is 3.53. The SMILES string of the molecule is CCC[CH2][Sn]([CH2]CCC)([CH2]CCC)[c]1cn(-c2ccc(F)cc2)nn1. The van der Waals surface area contributed by atoms with Crippen LogP contribution >= 0.6 is 0 Å². The molecule has 0 unspecified atom stereocenters. The summed E-state index contributed by atoms with van der Waals surface area (Å²) >= 11 is -2.52. The van der Waals surface area contributed by atoms with Crippen LogP contribution in [0, 0.1) is 5.82 Å². The van der Waals surface area contributed by atoms with Gasteiger partial charge in [0.2, 0.25) is 0 Å². The molecule has 0 aliphatic heterocycles. The number of hydrogen-bond acceptors (Lipinski definition) is 2. The van der Waals surface area contributed by atoms with E-state index in [1.165, 1.54) is 67.7 Å². The van der Waals surface area contributed by atoms with Crippen molar-refractivity contribution in [2.24, 2.45) is 0 Å². The average molecular weight is 452 g/mol. The average Bonchev–Trinajstić information content (AvgIpc) is 3.13. The van der Waals surface area contributed by atoms with Crippen molar-refractivity contribution < 1.29 is 4.39 Å². The van der Waals surface area contributed by atoms with E-state index >= 15 is 0 Å². The Morgan fingerprint density at radius 2 is 1.40 bits per heavy atom. The van der Waals surface area contributed by atoms with E-state index in [1.54, 1.807) is 12.1 Å². The van der Waals surface area contributed by atoms with Gasteiger partial charge in [-0.15, -0.1) is 0 Å². The second-order valence-corrected chi connectivity index (χ2v) is 20.2. The summed E-state index contributed by atoms with van der Waals surface area (Å²) in [5.41, 5.74) is 0.891. The summed E-state index contributed by atoms with van der Waals surface area (Å²) in [6.45, 7) is 6.85. The van der Waals surface area contributed by atoms with Crippen LogP contribution in [0.1, 0.15) is 59.3 Å². The molecule has 0 spiro atoms. The third-order valence-electron chi connectivity index (χ3n) is 5.15. The first-order valence-corrected chi connectivity index (χ1v) is 17.3. The van der Waals surface area contributed by atoms with Crippen LogP contribution < -0.4 is 3.71 Å². The molecule has 5 heteroatoms. The van der Waals surface area contributed by atoms with Gasteiger partial charge in [-0.1, -0.05) is 0 Å². The Labute approximate surface area is 155 Å². The van der Waals surface area contributed by atoms with Crippen LogP contribution in [-0.4, -0.2) is 33.4 Å². The van der Waals surface area contributed by atoms with Crippen molar-refractivity contribution in [1.29, 1.82) is 0 Å². The van der Waals surface area contributed by atoms with Crippen LogP contribution in [-0.2, 0) is 0 Å². The summed E-state index contributed by atoms with van der Waals surface area (Å²) in [6.07, 6.45) is 9.85. The Kier molecular flexibility index (Phi) is 8.40. The van der Waals surface area contributed by atoms with Crippen LogP contribution in [0.5, 0.6) is 0 Å². The fourth-order valence-corrected chi connectivity index (χ4v) is 18.6. The van der Waals surface area contributed by atoms with Crippen LogP contribution in [0.25, 0.3) is 5.69 Å². The molecule has 2 aromatic rings. The Balaban J connectivity index is 2.32. The van der Waals surface area contributed by atoms with E-state index in [-0.39, 0.29) is 5.82 Å². The molecular weight excluding hydrogens is 420 g/mol. The molecule has 0 aliphatic rings. The maximum atomic E-state index is 13.2. The first-order valence-electron chi connectivity index (χ1n) is 9.84. The van der Waals surface area contributed by atoms with E-state index < -0.39 is 18.4 Å². The minimum atomic E-state index is -2.52. The molecule has 0 saturated heterocycles. The van der Waals surface area contributed by atoms with E-state index in [2.05, 4.69) is 37.3 Å². The van der Waals surface area contributed by atoms with Gasteiger partial charge >= 0.3 is 156 Å². The number of benzene rings is 1. The Bertz CT molecular complexity index is 602. The third kappa shape index (κ3) is 5.53. The monoisotopic (exact) mass is 453 g/mol. The van der Waals surface area contributed by atoms with E-state index in [1.807, 2.05) is 4.68 Å². The summed E-state index contributed by atoms with van der Waals surface area (Å²) in [5, 5.41) is 9.06. The number of hydrogen-bond donors (Lipinski definition) is 0. The van der Waals surface area contributed by atoms with E-state index in [0.29, 0.717) is 0 Å². The van der Waals surface area contributed by atoms with Crippen molar-refractivity contribution in [3.8, 4) is 5.69 Å². The maximum absolute atomic E-state index is 13.2. The summed E-state index contributed by atoms with van der Waals surface area (Å²) < 4.78 is 20.5. The number of rotatable bonds is 11. The second-order valence-electron chi connectivity index (χ2n) is 7.12. The van der Waals surface area contributed by atoms with Crippen LogP contribution in [0.15, 0.2) is 30.5 Å². The summed E-state index contributed by atoms with van der Waals surface area (Å²) in [4.78, 5) is 0. The van der Waals surface area contributed by atoms with Gasteiger partial charge in [-0.2, -0.15) is 0 Å². The van der Waals surface area contributed by atoms with Crippen LogP contribution in [0.3, 0.4) is 0 Å². The Morgan fingerprint density at radius 3 is 1.88 bits per heavy atom. The molecule has 0 saturated carbocycles. The van der Waals surface area contributed by atoms with Gasteiger partial charge in [0, 0.05) is 0 Å². The van der Waals surface area contributed by atoms with Gasteiger partial charge in [0.25, 0.3) is 0 Å². The molecule has 1 aromatic carbocycles. The molecule has 0 fully saturated rings. The molecule has 1 aromatic heterocycles. The fraction of sp³-hybridized carbons (Fsp3) is 0.600. The number of aromatic nitrogens is 3.